The monoisotopic (exact) mass is 439 g/mol. The third kappa shape index (κ3) is 4.58. The number of thiocarbonyl (C=S) groups is 1. The Balaban J connectivity index is 1.78. The number of nitrogens with zero attached hydrogens (tertiary/aromatic N) is 1. The van der Waals surface area contributed by atoms with Gasteiger partial charge in [0.25, 0.3) is 5.91 Å². The number of hydrogen-bond acceptors (Lipinski definition) is 5. The van der Waals surface area contributed by atoms with E-state index in [9.17, 15) is 4.79 Å². The van der Waals surface area contributed by atoms with Crippen LogP contribution in [-0.2, 0) is 11.4 Å². The van der Waals surface area contributed by atoms with E-state index in [1.54, 1.807) is 44.5 Å². The number of likely N-dealkylation sites (N-methyl/N-ethyl adjacent to an activating group) is 1. The van der Waals surface area contributed by atoms with Gasteiger partial charge in [-0.05, 0) is 35.9 Å². The SMILES string of the molecule is COc1cc(/C=C2\SC(=S)N(C)C2=O)ccc1OCc1ccc(Cl)cc1Cl. The van der Waals surface area contributed by atoms with Crippen LogP contribution in [0.1, 0.15) is 11.1 Å². The first-order valence-electron chi connectivity index (χ1n) is 7.85. The van der Waals surface area contributed by atoms with Gasteiger partial charge >= 0.3 is 0 Å². The Labute approximate surface area is 177 Å². The number of rotatable bonds is 5. The minimum absolute atomic E-state index is 0.110. The van der Waals surface area contributed by atoms with Crippen LogP contribution in [0.25, 0.3) is 6.08 Å². The first-order chi connectivity index (χ1) is 12.9. The van der Waals surface area contributed by atoms with Crippen molar-refractivity contribution in [1.82, 2.24) is 4.90 Å². The van der Waals surface area contributed by atoms with E-state index in [1.807, 2.05) is 12.1 Å². The summed E-state index contributed by atoms with van der Waals surface area (Å²) < 4.78 is 11.8. The normalized spacial score (nSPS) is 15.6. The Morgan fingerprint density at radius 2 is 1.96 bits per heavy atom. The lowest BCUT2D eigenvalue weighted by atomic mass is 10.2. The maximum absolute atomic E-state index is 12.1. The number of amides is 1. The molecule has 1 fully saturated rings. The molecule has 2 aromatic carbocycles. The zero-order chi connectivity index (χ0) is 19.6. The Morgan fingerprint density at radius 3 is 2.59 bits per heavy atom. The van der Waals surface area contributed by atoms with Gasteiger partial charge in [0.05, 0.1) is 12.0 Å². The van der Waals surface area contributed by atoms with Crippen molar-refractivity contribution in [1.29, 1.82) is 0 Å². The van der Waals surface area contributed by atoms with Crippen molar-refractivity contribution in [2.24, 2.45) is 0 Å². The van der Waals surface area contributed by atoms with Crippen LogP contribution in [0.4, 0.5) is 0 Å². The van der Waals surface area contributed by atoms with Crippen LogP contribution in [-0.4, -0.2) is 29.3 Å². The van der Waals surface area contributed by atoms with Crippen molar-refractivity contribution in [2.45, 2.75) is 6.61 Å². The summed E-state index contributed by atoms with van der Waals surface area (Å²) in [5.74, 6) is 1.02. The second kappa shape index (κ2) is 8.52. The van der Waals surface area contributed by atoms with Gasteiger partial charge in [0.1, 0.15) is 10.9 Å². The Kier molecular flexibility index (Phi) is 6.32. The standard InChI is InChI=1S/C19H15Cl2NO3S2/c1-22-18(23)17(27-19(22)26)8-11-3-6-15(16(7-11)24-2)25-10-12-4-5-13(20)9-14(12)21/h3-9H,10H2,1-2H3/b17-8-. The summed E-state index contributed by atoms with van der Waals surface area (Å²) in [6.45, 7) is 0.278. The highest BCUT2D eigenvalue weighted by Crippen LogP contribution is 2.34. The molecule has 0 N–H and O–H groups in total. The van der Waals surface area contributed by atoms with Crippen LogP contribution in [0.2, 0.25) is 10.0 Å². The molecule has 8 heteroatoms. The summed E-state index contributed by atoms with van der Waals surface area (Å²) in [5.41, 5.74) is 1.64. The van der Waals surface area contributed by atoms with Crippen LogP contribution in [0.15, 0.2) is 41.3 Å². The number of carbonyl (C=O) groups is 1. The van der Waals surface area contributed by atoms with Crippen LogP contribution in [0.3, 0.4) is 0 Å². The Bertz CT molecular complexity index is 947. The molecular formula is C19H15Cl2NO3S2. The molecule has 1 amide bonds. The van der Waals surface area contributed by atoms with E-state index in [2.05, 4.69) is 0 Å². The number of carbonyl (C=O) groups excluding carboxylic acids is 1. The molecule has 0 radical (unpaired) electrons. The summed E-state index contributed by atoms with van der Waals surface area (Å²) in [5, 5.41) is 1.11. The average molecular weight is 440 g/mol. The van der Waals surface area contributed by atoms with Crippen molar-refractivity contribution in [3.63, 3.8) is 0 Å². The number of hydrogen-bond donors (Lipinski definition) is 0. The van der Waals surface area contributed by atoms with Gasteiger partial charge in [0, 0.05) is 22.7 Å². The first-order valence-corrected chi connectivity index (χ1v) is 9.83. The molecule has 1 heterocycles. The molecule has 1 aliphatic rings. The highest BCUT2D eigenvalue weighted by molar-refractivity contribution is 8.26. The number of ether oxygens (including phenoxy) is 2. The van der Waals surface area contributed by atoms with Gasteiger partial charge in [-0.1, -0.05) is 59.3 Å². The van der Waals surface area contributed by atoms with Gasteiger partial charge in [-0.25, -0.2) is 0 Å². The molecule has 1 saturated heterocycles. The van der Waals surface area contributed by atoms with Crippen LogP contribution in [0.5, 0.6) is 11.5 Å². The molecule has 0 aliphatic carbocycles. The number of thioether (sulfide) groups is 1. The first kappa shape index (κ1) is 20.0. The van der Waals surface area contributed by atoms with Gasteiger partial charge in [-0.3, -0.25) is 9.69 Å². The van der Waals surface area contributed by atoms with Gasteiger partial charge in [-0.15, -0.1) is 0 Å². The lowest BCUT2D eigenvalue weighted by Crippen LogP contribution is -2.22. The Morgan fingerprint density at radius 1 is 1.19 bits per heavy atom. The van der Waals surface area contributed by atoms with Crippen LogP contribution in [0, 0.1) is 0 Å². The molecule has 27 heavy (non-hydrogen) atoms. The van der Waals surface area contributed by atoms with Crippen LogP contribution >= 0.6 is 47.2 Å². The van der Waals surface area contributed by atoms with Gasteiger partial charge in [-0.2, -0.15) is 0 Å². The molecule has 0 spiro atoms. The fourth-order valence-electron chi connectivity index (χ4n) is 2.38. The summed E-state index contributed by atoms with van der Waals surface area (Å²) in [4.78, 5) is 14.2. The van der Waals surface area contributed by atoms with Gasteiger partial charge in [0.2, 0.25) is 0 Å². The largest absolute Gasteiger partial charge is 0.493 e. The lowest BCUT2D eigenvalue weighted by Gasteiger charge is -2.12. The molecule has 0 unspecified atom stereocenters. The number of benzene rings is 2. The van der Waals surface area contributed by atoms with Crippen LogP contribution < -0.4 is 9.47 Å². The predicted octanol–water partition coefficient (Wildman–Crippen LogP) is 5.41. The molecule has 2 aromatic rings. The van der Waals surface area contributed by atoms with E-state index in [1.165, 1.54) is 16.7 Å². The molecule has 0 atom stereocenters. The maximum Gasteiger partial charge on any atom is 0.265 e. The minimum atomic E-state index is -0.110. The van der Waals surface area contributed by atoms with Crippen molar-refractivity contribution >= 4 is 63.5 Å². The zero-order valence-electron chi connectivity index (χ0n) is 14.5. The highest BCUT2D eigenvalue weighted by Gasteiger charge is 2.28. The molecule has 140 valence electrons. The van der Waals surface area contributed by atoms with Crippen molar-refractivity contribution in [2.75, 3.05) is 14.2 Å². The minimum Gasteiger partial charge on any atom is -0.493 e. The topological polar surface area (TPSA) is 38.8 Å². The Hall–Kier alpha value is -1.73. The summed E-state index contributed by atoms with van der Waals surface area (Å²) >= 11 is 18.5. The summed E-state index contributed by atoms with van der Waals surface area (Å²) in [7, 11) is 3.23. The quantitative estimate of drug-likeness (QED) is 0.459. The number of methoxy groups -OCH3 is 1. The third-order valence-corrected chi connectivity index (χ3v) is 5.94. The molecule has 4 nitrogen and oxygen atoms in total. The van der Waals surface area contributed by atoms with E-state index < -0.39 is 0 Å². The van der Waals surface area contributed by atoms with E-state index in [0.717, 1.165) is 11.1 Å². The number of halogens is 2. The predicted molar refractivity (Wildman–Crippen MR) is 115 cm³/mol. The second-order valence-corrected chi connectivity index (χ2v) is 8.19. The zero-order valence-corrected chi connectivity index (χ0v) is 17.6. The summed E-state index contributed by atoms with van der Waals surface area (Å²) in [6, 6.07) is 10.7. The molecule has 0 saturated carbocycles. The van der Waals surface area contributed by atoms with E-state index in [0.29, 0.717) is 30.8 Å². The van der Waals surface area contributed by atoms with E-state index in [4.69, 9.17) is 44.9 Å². The maximum atomic E-state index is 12.1. The molecule has 0 aromatic heterocycles. The average Bonchev–Trinajstić information content (AvgIpc) is 2.88. The van der Waals surface area contributed by atoms with Gasteiger partial charge in [0.15, 0.2) is 11.5 Å². The van der Waals surface area contributed by atoms with Gasteiger partial charge < -0.3 is 9.47 Å². The summed E-state index contributed by atoms with van der Waals surface area (Å²) in [6.07, 6.45) is 1.78. The molecule has 3 rings (SSSR count). The van der Waals surface area contributed by atoms with E-state index in [-0.39, 0.29) is 12.5 Å². The fourth-order valence-corrected chi connectivity index (χ4v) is 4.03. The van der Waals surface area contributed by atoms with E-state index >= 15 is 0 Å². The smallest absolute Gasteiger partial charge is 0.265 e. The molecule has 0 bridgehead atoms. The fraction of sp³-hybridized carbons (Fsp3) is 0.158. The second-order valence-electron chi connectivity index (χ2n) is 5.68. The molecule has 1 aliphatic heterocycles. The highest BCUT2D eigenvalue weighted by atomic mass is 35.5. The van der Waals surface area contributed by atoms with Crippen molar-refractivity contribution in [3.8, 4) is 11.5 Å². The lowest BCUT2D eigenvalue weighted by molar-refractivity contribution is -0.121. The third-order valence-electron chi connectivity index (χ3n) is 3.87. The van der Waals surface area contributed by atoms with Crippen molar-refractivity contribution < 1.29 is 14.3 Å². The van der Waals surface area contributed by atoms with Crippen molar-refractivity contribution in [3.05, 3.63) is 62.5 Å². The molecular weight excluding hydrogens is 425 g/mol.